The Labute approximate surface area is 159 Å². The van der Waals surface area contributed by atoms with E-state index in [1.54, 1.807) is 4.90 Å². The summed E-state index contributed by atoms with van der Waals surface area (Å²) in [4.78, 5) is 26.4. The third-order valence-electron chi connectivity index (χ3n) is 4.89. The maximum Gasteiger partial charge on any atom is 0.344 e. The van der Waals surface area contributed by atoms with E-state index in [-0.39, 0.29) is 25.2 Å². The van der Waals surface area contributed by atoms with Crippen LogP contribution in [0.5, 0.6) is 5.75 Å². The predicted molar refractivity (Wildman–Crippen MR) is 104 cm³/mol. The highest BCUT2D eigenvalue weighted by molar-refractivity contribution is 5.96. The first-order chi connectivity index (χ1) is 13.0. The summed E-state index contributed by atoms with van der Waals surface area (Å²) >= 11 is 0. The summed E-state index contributed by atoms with van der Waals surface area (Å²) in [7, 11) is 0. The minimum Gasteiger partial charge on any atom is -0.481 e. The molecular formula is C22H25NO4. The lowest BCUT2D eigenvalue weighted by molar-refractivity contribution is -0.149. The van der Waals surface area contributed by atoms with Crippen LogP contribution in [0.2, 0.25) is 0 Å². The summed E-state index contributed by atoms with van der Waals surface area (Å²) in [5.41, 5.74) is 3.97. The molecule has 1 aliphatic heterocycles. The number of aryl methyl sites for hydroxylation is 3. The van der Waals surface area contributed by atoms with Crippen molar-refractivity contribution in [1.29, 1.82) is 0 Å². The lowest BCUT2D eigenvalue weighted by Gasteiger charge is -2.35. The van der Waals surface area contributed by atoms with Gasteiger partial charge in [0, 0.05) is 11.7 Å². The van der Waals surface area contributed by atoms with Gasteiger partial charge in [0.25, 0.3) is 5.91 Å². The van der Waals surface area contributed by atoms with Crippen molar-refractivity contribution in [1.82, 2.24) is 0 Å². The summed E-state index contributed by atoms with van der Waals surface area (Å²) < 4.78 is 10.8. The quantitative estimate of drug-likeness (QED) is 0.758. The standard InChI is InChI=1S/C22H25NO4/c1-15-7-6-8-16(2)22(15)27-14-21(25)26-13-20(24)23-17(3)11-12-18-9-4-5-10-19(18)23/h4-10,17H,11-14H2,1-3H3. The molecule has 27 heavy (non-hydrogen) atoms. The van der Waals surface area contributed by atoms with Gasteiger partial charge in [-0.05, 0) is 56.4 Å². The molecule has 1 aliphatic rings. The van der Waals surface area contributed by atoms with E-state index >= 15 is 0 Å². The molecule has 2 aromatic rings. The zero-order valence-electron chi connectivity index (χ0n) is 16.0. The fourth-order valence-corrected chi connectivity index (χ4v) is 3.48. The minimum atomic E-state index is -0.552. The molecule has 5 heteroatoms. The van der Waals surface area contributed by atoms with Gasteiger partial charge in [-0.3, -0.25) is 4.79 Å². The van der Waals surface area contributed by atoms with Crippen LogP contribution in [0.1, 0.15) is 30.0 Å². The van der Waals surface area contributed by atoms with Gasteiger partial charge < -0.3 is 14.4 Å². The van der Waals surface area contributed by atoms with Gasteiger partial charge in [-0.25, -0.2) is 4.79 Å². The number of esters is 1. The van der Waals surface area contributed by atoms with Gasteiger partial charge >= 0.3 is 5.97 Å². The average Bonchev–Trinajstić information content (AvgIpc) is 2.65. The van der Waals surface area contributed by atoms with Crippen molar-refractivity contribution in [3.8, 4) is 5.75 Å². The molecule has 0 spiro atoms. The highest BCUT2D eigenvalue weighted by atomic mass is 16.6. The second-order valence-electron chi connectivity index (χ2n) is 6.95. The van der Waals surface area contributed by atoms with Crippen LogP contribution in [-0.4, -0.2) is 31.1 Å². The van der Waals surface area contributed by atoms with Gasteiger partial charge in [0.2, 0.25) is 0 Å². The van der Waals surface area contributed by atoms with Crippen molar-refractivity contribution in [2.45, 2.75) is 39.7 Å². The Bertz CT molecular complexity index is 826. The van der Waals surface area contributed by atoms with Crippen molar-refractivity contribution >= 4 is 17.6 Å². The van der Waals surface area contributed by atoms with Gasteiger partial charge in [0.05, 0.1) is 0 Å². The van der Waals surface area contributed by atoms with Crippen LogP contribution in [-0.2, 0) is 20.7 Å². The summed E-state index contributed by atoms with van der Waals surface area (Å²) in [5, 5.41) is 0. The molecular weight excluding hydrogens is 342 g/mol. The summed E-state index contributed by atoms with van der Waals surface area (Å²) in [6.07, 6.45) is 1.84. The van der Waals surface area contributed by atoms with Crippen LogP contribution in [0.3, 0.4) is 0 Å². The fourth-order valence-electron chi connectivity index (χ4n) is 3.48. The largest absolute Gasteiger partial charge is 0.481 e. The number of para-hydroxylation sites is 2. The fraction of sp³-hybridized carbons (Fsp3) is 0.364. The topological polar surface area (TPSA) is 55.8 Å². The molecule has 0 saturated heterocycles. The number of ether oxygens (including phenoxy) is 2. The maximum atomic E-state index is 12.7. The van der Waals surface area contributed by atoms with E-state index in [1.165, 1.54) is 0 Å². The van der Waals surface area contributed by atoms with Crippen LogP contribution in [0.4, 0.5) is 5.69 Å². The van der Waals surface area contributed by atoms with Crippen LogP contribution < -0.4 is 9.64 Å². The first-order valence-electron chi connectivity index (χ1n) is 9.22. The Morgan fingerprint density at radius 2 is 1.74 bits per heavy atom. The molecule has 1 heterocycles. The number of benzene rings is 2. The lowest BCUT2D eigenvalue weighted by Crippen LogP contribution is -2.44. The second kappa shape index (κ2) is 8.25. The van der Waals surface area contributed by atoms with Gasteiger partial charge in [-0.1, -0.05) is 36.4 Å². The smallest absolute Gasteiger partial charge is 0.344 e. The third-order valence-corrected chi connectivity index (χ3v) is 4.89. The second-order valence-corrected chi connectivity index (χ2v) is 6.95. The summed E-state index contributed by atoms with van der Waals surface area (Å²) in [5.74, 6) is -0.0848. The van der Waals surface area contributed by atoms with E-state index in [2.05, 4.69) is 0 Å². The van der Waals surface area contributed by atoms with Gasteiger partial charge in [-0.2, -0.15) is 0 Å². The Morgan fingerprint density at radius 3 is 2.48 bits per heavy atom. The number of hydrogen-bond donors (Lipinski definition) is 0. The number of amides is 1. The van der Waals surface area contributed by atoms with Crippen LogP contribution in [0.25, 0.3) is 0 Å². The molecule has 5 nitrogen and oxygen atoms in total. The molecule has 0 fully saturated rings. The maximum absolute atomic E-state index is 12.7. The molecule has 3 rings (SSSR count). The molecule has 1 amide bonds. The number of carbonyl (C=O) groups excluding carboxylic acids is 2. The van der Waals surface area contributed by atoms with Crippen LogP contribution >= 0.6 is 0 Å². The van der Waals surface area contributed by atoms with E-state index < -0.39 is 5.97 Å². The van der Waals surface area contributed by atoms with E-state index in [0.29, 0.717) is 5.75 Å². The SMILES string of the molecule is Cc1cccc(C)c1OCC(=O)OCC(=O)N1c2ccccc2CCC1C. The van der Waals surface area contributed by atoms with Gasteiger partial charge in [0.1, 0.15) is 5.75 Å². The van der Waals surface area contributed by atoms with Crippen molar-refractivity contribution < 1.29 is 19.1 Å². The van der Waals surface area contributed by atoms with Crippen LogP contribution in [0.15, 0.2) is 42.5 Å². The molecule has 1 unspecified atom stereocenters. The first kappa shape index (κ1) is 19.0. The first-order valence-corrected chi connectivity index (χ1v) is 9.22. The Balaban J connectivity index is 1.57. The average molecular weight is 367 g/mol. The number of carbonyl (C=O) groups is 2. The molecule has 2 aromatic carbocycles. The zero-order chi connectivity index (χ0) is 19.4. The molecule has 1 atom stereocenters. The highest BCUT2D eigenvalue weighted by Gasteiger charge is 2.28. The number of nitrogens with zero attached hydrogens (tertiary/aromatic N) is 1. The van der Waals surface area contributed by atoms with Crippen molar-refractivity contribution in [3.05, 3.63) is 59.2 Å². The Morgan fingerprint density at radius 1 is 1.04 bits per heavy atom. The Hall–Kier alpha value is -2.82. The minimum absolute atomic E-state index is 0.0805. The van der Waals surface area contributed by atoms with Crippen molar-refractivity contribution in [3.63, 3.8) is 0 Å². The third kappa shape index (κ3) is 4.30. The molecule has 0 aliphatic carbocycles. The number of hydrogen-bond acceptors (Lipinski definition) is 4. The molecule has 0 bridgehead atoms. The molecule has 0 saturated carbocycles. The Kier molecular flexibility index (Phi) is 5.79. The van der Waals surface area contributed by atoms with Gasteiger partial charge in [0.15, 0.2) is 13.2 Å². The zero-order valence-corrected chi connectivity index (χ0v) is 16.0. The molecule has 0 radical (unpaired) electrons. The molecule has 0 N–H and O–H groups in total. The van der Waals surface area contributed by atoms with Crippen molar-refractivity contribution in [2.24, 2.45) is 0 Å². The van der Waals surface area contributed by atoms with Crippen molar-refractivity contribution in [2.75, 3.05) is 18.1 Å². The monoisotopic (exact) mass is 367 g/mol. The van der Waals surface area contributed by atoms with E-state index in [9.17, 15) is 9.59 Å². The van der Waals surface area contributed by atoms with Crippen LogP contribution in [0, 0.1) is 13.8 Å². The summed E-state index contributed by atoms with van der Waals surface area (Å²) in [6, 6.07) is 13.7. The lowest BCUT2D eigenvalue weighted by atomic mass is 9.96. The number of anilines is 1. The van der Waals surface area contributed by atoms with E-state index in [0.717, 1.165) is 35.2 Å². The normalized spacial score (nSPS) is 15.8. The number of rotatable bonds is 5. The van der Waals surface area contributed by atoms with E-state index in [1.807, 2.05) is 63.2 Å². The highest BCUT2D eigenvalue weighted by Crippen LogP contribution is 2.30. The van der Waals surface area contributed by atoms with E-state index in [4.69, 9.17) is 9.47 Å². The van der Waals surface area contributed by atoms with Gasteiger partial charge in [-0.15, -0.1) is 0 Å². The summed E-state index contributed by atoms with van der Waals surface area (Å²) in [6.45, 7) is 5.36. The number of fused-ring (bicyclic) bond motifs is 1. The molecule has 0 aromatic heterocycles. The molecule has 142 valence electrons. The predicted octanol–water partition coefficient (Wildman–Crippen LogP) is 3.59.